The van der Waals surface area contributed by atoms with Gasteiger partial charge in [-0.2, -0.15) is 0 Å². The van der Waals surface area contributed by atoms with Crippen molar-refractivity contribution in [1.29, 1.82) is 0 Å². The van der Waals surface area contributed by atoms with E-state index in [0.717, 1.165) is 11.3 Å². The van der Waals surface area contributed by atoms with Gasteiger partial charge in [0.1, 0.15) is 5.82 Å². The largest absolute Gasteiger partial charge is 0.331 e. The molecule has 4 nitrogen and oxygen atoms in total. The molecule has 0 spiro atoms. The Bertz CT molecular complexity index is 1160. The van der Waals surface area contributed by atoms with Crippen LogP contribution in [0.2, 0.25) is 5.02 Å². The number of halogens is 2. The van der Waals surface area contributed by atoms with Crippen molar-refractivity contribution in [2.24, 2.45) is 0 Å². The predicted molar refractivity (Wildman–Crippen MR) is 117 cm³/mol. The number of amides is 1. The number of carbonyl (C=O) groups excluding carboxylic acids is 1. The Hall–Kier alpha value is -3.22. The minimum absolute atomic E-state index is 0.226. The summed E-state index contributed by atoms with van der Waals surface area (Å²) in [6, 6.07) is 20.4. The van der Waals surface area contributed by atoms with Crippen molar-refractivity contribution in [2.45, 2.75) is 0 Å². The average Bonchev–Trinajstić information content (AvgIpc) is 3.17. The van der Waals surface area contributed by atoms with E-state index in [-0.39, 0.29) is 11.7 Å². The van der Waals surface area contributed by atoms with E-state index in [1.165, 1.54) is 23.5 Å². The minimum atomic E-state index is -0.304. The summed E-state index contributed by atoms with van der Waals surface area (Å²) in [6.45, 7) is 0. The van der Waals surface area contributed by atoms with Gasteiger partial charge < -0.3 is 10.6 Å². The summed E-state index contributed by atoms with van der Waals surface area (Å²) in [6.07, 6.45) is 0. The van der Waals surface area contributed by atoms with Crippen molar-refractivity contribution in [3.05, 3.63) is 94.6 Å². The van der Waals surface area contributed by atoms with Gasteiger partial charge in [0.2, 0.25) is 0 Å². The Morgan fingerprint density at radius 1 is 0.966 bits per heavy atom. The number of nitrogens with one attached hydrogen (secondary N) is 2. The highest BCUT2D eigenvalue weighted by Crippen LogP contribution is 2.28. The maximum absolute atomic E-state index is 13.3. The Morgan fingerprint density at radius 2 is 1.76 bits per heavy atom. The van der Waals surface area contributed by atoms with Gasteiger partial charge in [0.25, 0.3) is 5.91 Å². The fraction of sp³-hybridized carbons (Fsp3) is 0. The number of benzene rings is 3. The highest BCUT2D eigenvalue weighted by atomic mass is 35.5. The quantitative estimate of drug-likeness (QED) is 0.380. The van der Waals surface area contributed by atoms with E-state index in [4.69, 9.17) is 11.6 Å². The first-order valence-electron chi connectivity index (χ1n) is 8.72. The Kier molecular flexibility index (Phi) is 5.55. The zero-order chi connectivity index (χ0) is 20.2. The van der Waals surface area contributed by atoms with Crippen molar-refractivity contribution >= 4 is 45.4 Å². The molecule has 7 heteroatoms. The number of thiazole rings is 1. The molecule has 2 N–H and O–H groups in total. The molecule has 0 radical (unpaired) electrons. The SMILES string of the molecule is O=C(Nc1ccc(-c2csc(Nc3cccc(F)c3)n2)cc1)c1cccc(Cl)c1. The molecule has 4 rings (SSSR count). The summed E-state index contributed by atoms with van der Waals surface area (Å²) in [5.41, 5.74) is 3.52. The number of hydrogen-bond acceptors (Lipinski definition) is 4. The summed E-state index contributed by atoms with van der Waals surface area (Å²) >= 11 is 7.36. The van der Waals surface area contributed by atoms with Gasteiger partial charge in [-0.15, -0.1) is 11.3 Å². The zero-order valence-electron chi connectivity index (χ0n) is 15.0. The second-order valence-electron chi connectivity index (χ2n) is 6.22. The van der Waals surface area contributed by atoms with Crippen LogP contribution >= 0.6 is 22.9 Å². The maximum atomic E-state index is 13.3. The second kappa shape index (κ2) is 8.43. The van der Waals surface area contributed by atoms with Crippen molar-refractivity contribution in [3.8, 4) is 11.3 Å². The van der Waals surface area contributed by atoms with Gasteiger partial charge in [0, 0.05) is 32.9 Å². The van der Waals surface area contributed by atoms with Crippen LogP contribution in [0.3, 0.4) is 0 Å². The average molecular weight is 424 g/mol. The lowest BCUT2D eigenvalue weighted by molar-refractivity contribution is 0.102. The normalized spacial score (nSPS) is 10.6. The van der Waals surface area contributed by atoms with Crippen molar-refractivity contribution < 1.29 is 9.18 Å². The smallest absolute Gasteiger partial charge is 0.255 e. The zero-order valence-corrected chi connectivity index (χ0v) is 16.6. The molecule has 1 amide bonds. The fourth-order valence-electron chi connectivity index (χ4n) is 2.71. The predicted octanol–water partition coefficient (Wildman–Crippen LogP) is 6.60. The number of carbonyl (C=O) groups is 1. The summed E-state index contributed by atoms with van der Waals surface area (Å²) in [5, 5.41) is 9.04. The van der Waals surface area contributed by atoms with E-state index in [1.54, 1.807) is 36.4 Å². The molecule has 0 aliphatic heterocycles. The Labute approximate surface area is 176 Å². The van der Waals surface area contributed by atoms with Gasteiger partial charge in [-0.1, -0.05) is 35.9 Å². The third-order valence-electron chi connectivity index (χ3n) is 4.11. The highest BCUT2D eigenvalue weighted by molar-refractivity contribution is 7.14. The first-order chi connectivity index (χ1) is 14.1. The standard InChI is InChI=1S/C22H15ClFN3OS/c23-16-4-1-3-15(11-16)21(28)25-18-9-7-14(8-10-18)20-13-29-22(27-20)26-19-6-2-5-17(24)12-19/h1-13H,(H,25,28)(H,26,27). The van der Waals surface area contributed by atoms with Crippen LogP contribution in [0.25, 0.3) is 11.3 Å². The molecule has 29 heavy (non-hydrogen) atoms. The maximum Gasteiger partial charge on any atom is 0.255 e. The molecule has 0 aliphatic carbocycles. The number of aromatic nitrogens is 1. The summed E-state index contributed by atoms with van der Waals surface area (Å²) in [7, 11) is 0. The molecule has 0 bridgehead atoms. The summed E-state index contributed by atoms with van der Waals surface area (Å²) in [4.78, 5) is 16.8. The molecule has 0 saturated heterocycles. The first-order valence-corrected chi connectivity index (χ1v) is 9.98. The van der Waals surface area contributed by atoms with Crippen LogP contribution in [0, 0.1) is 5.82 Å². The van der Waals surface area contributed by atoms with Gasteiger partial charge in [-0.3, -0.25) is 4.79 Å². The van der Waals surface area contributed by atoms with Crippen LogP contribution < -0.4 is 10.6 Å². The van der Waals surface area contributed by atoms with Crippen LogP contribution in [0.4, 0.5) is 20.9 Å². The highest BCUT2D eigenvalue weighted by Gasteiger charge is 2.08. The molecular formula is C22H15ClFN3OS. The molecule has 144 valence electrons. The lowest BCUT2D eigenvalue weighted by Gasteiger charge is -2.06. The fourth-order valence-corrected chi connectivity index (χ4v) is 3.64. The van der Waals surface area contributed by atoms with Gasteiger partial charge in [-0.25, -0.2) is 9.37 Å². The molecule has 3 aromatic carbocycles. The Balaban J connectivity index is 1.44. The Morgan fingerprint density at radius 3 is 2.52 bits per heavy atom. The number of nitrogens with zero attached hydrogens (tertiary/aromatic N) is 1. The van der Waals surface area contributed by atoms with E-state index >= 15 is 0 Å². The molecular weight excluding hydrogens is 409 g/mol. The van der Waals surface area contributed by atoms with Gasteiger partial charge in [0.15, 0.2) is 5.13 Å². The molecule has 0 aliphatic rings. The van der Waals surface area contributed by atoms with E-state index < -0.39 is 0 Å². The third kappa shape index (κ3) is 4.80. The number of hydrogen-bond donors (Lipinski definition) is 2. The van der Waals surface area contributed by atoms with Crippen LogP contribution in [0.5, 0.6) is 0 Å². The molecule has 1 heterocycles. The van der Waals surface area contributed by atoms with E-state index in [0.29, 0.717) is 27.1 Å². The topological polar surface area (TPSA) is 54.0 Å². The van der Waals surface area contributed by atoms with Gasteiger partial charge in [-0.05, 0) is 48.5 Å². The lowest BCUT2D eigenvalue weighted by Crippen LogP contribution is -2.11. The van der Waals surface area contributed by atoms with E-state index in [1.807, 2.05) is 29.6 Å². The van der Waals surface area contributed by atoms with E-state index in [2.05, 4.69) is 15.6 Å². The number of rotatable bonds is 5. The van der Waals surface area contributed by atoms with Gasteiger partial charge in [0.05, 0.1) is 5.69 Å². The molecule has 1 aromatic heterocycles. The molecule has 0 atom stereocenters. The lowest BCUT2D eigenvalue weighted by atomic mass is 10.1. The van der Waals surface area contributed by atoms with Crippen molar-refractivity contribution in [1.82, 2.24) is 4.98 Å². The third-order valence-corrected chi connectivity index (χ3v) is 5.10. The van der Waals surface area contributed by atoms with E-state index in [9.17, 15) is 9.18 Å². The van der Waals surface area contributed by atoms with Crippen molar-refractivity contribution in [3.63, 3.8) is 0 Å². The van der Waals surface area contributed by atoms with Crippen LogP contribution in [-0.4, -0.2) is 10.9 Å². The molecule has 0 saturated carbocycles. The summed E-state index contributed by atoms with van der Waals surface area (Å²) in [5.74, 6) is -0.530. The second-order valence-corrected chi connectivity index (χ2v) is 7.51. The monoisotopic (exact) mass is 423 g/mol. The number of anilines is 3. The van der Waals surface area contributed by atoms with Crippen LogP contribution in [-0.2, 0) is 0 Å². The van der Waals surface area contributed by atoms with Crippen molar-refractivity contribution in [2.75, 3.05) is 10.6 Å². The minimum Gasteiger partial charge on any atom is -0.331 e. The first kappa shape index (κ1) is 19.1. The summed E-state index contributed by atoms with van der Waals surface area (Å²) < 4.78 is 13.3. The molecule has 0 unspecified atom stereocenters. The molecule has 0 fully saturated rings. The molecule has 4 aromatic rings. The van der Waals surface area contributed by atoms with Crippen LogP contribution in [0.1, 0.15) is 10.4 Å². The van der Waals surface area contributed by atoms with Gasteiger partial charge >= 0.3 is 0 Å². The van der Waals surface area contributed by atoms with Crippen LogP contribution in [0.15, 0.2) is 78.2 Å².